The van der Waals surface area contributed by atoms with Crippen molar-refractivity contribution in [3.63, 3.8) is 0 Å². The topological polar surface area (TPSA) is 37.4 Å². The van der Waals surface area contributed by atoms with Crippen LogP contribution in [0, 0.1) is 0 Å². The summed E-state index contributed by atoms with van der Waals surface area (Å²) in [4.78, 5) is 0.428. The predicted octanol–water partition coefficient (Wildman–Crippen LogP) is 3.11. The van der Waals surface area contributed by atoms with Crippen molar-refractivity contribution in [2.24, 2.45) is 0 Å². The molecule has 1 aliphatic rings. The van der Waals surface area contributed by atoms with Gasteiger partial charge in [0.2, 0.25) is 10.0 Å². The Morgan fingerprint density at radius 2 is 2.20 bits per heavy atom. The predicted molar refractivity (Wildman–Crippen MR) is 86.1 cm³/mol. The number of halogens is 1. The fraction of sp³-hybridized carbons (Fsp3) is 0.571. The summed E-state index contributed by atoms with van der Waals surface area (Å²) in [6.07, 6.45) is 0.704. The zero-order valence-electron chi connectivity index (χ0n) is 11.8. The van der Waals surface area contributed by atoms with Gasteiger partial charge in [0.05, 0.1) is 4.90 Å². The maximum Gasteiger partial charge on any atom is 0.243 e. The van der Waals surface area contributed by atoms with E-state index in [1.165, 1.54) is 0 Å². The summed E-state index contributed by atoms with van der Waals surface area (Å²) < 4.78 is 27.3. The van der Waals surface area contributed by atoms with Crippen molar-refractivity contribution in [1.29, 1.82) is 0 Å². The largest absolute Gasteiger partial charge is 0.243 e. The number of hydrogen-bond donors (Lipinski definition) is 0. The molecule has 112 valence electrons. The lowest BCUT2D eigenvalue weighted by Crippen LogP contribution is -2.41. The molecule has 0 radical (unpaired) electrons. The van der Waals surface area contributed by atoms with E-state index < -0.39 is 10.0 Å². The first-order chi connectivity index (χ1) is 9.48. The molecule has 6 heteroatoms. The third-order valence-corrected chi connectivity index (χ3v) is 6.88. The van der Waals surface area contributed by atoms with Crippen LogP contribution in [0.3, 0.4) is 0 Å². The molecule has 0 amide bonds. The van der Waals surface area contributed by atoms with Crippen molar-refractivity contribution in [1.82, 2.24) is 4.31 Å². The normalized spacial score (nSPS) is 21.1. The van der Waals surface area contributed by atoms with Crippen LogP contribution in [0.1, 0.15) is 25.0 Å². The van der Waals surface area contributed by atoms with E-state index in [0.717, 1.165) is 16.9 Å². The maximum atomic E-state index is 12.9. The summed E-state index contributed by atoms with van der Waals surface area (Å²) in [7, 11) is -3.41. The summed E-state index contributed by atoms with van der Waals surface area (Å²) in [5.41, 5.74) is 1.71. The van der Waals surface area contributed by atoms with E-state index in [4.69, 9.17) is 11.6 Å². The van der Waals surface area contributed by atoms with Gasteiger partial charge in [-0.15, -0.1) is 11.6 Å². The summed E-state index contributed by atoms with van der Waals surface area (Å²) in [5.74, 6) is 1.19. The van der Waals surface area contributed by atoms with Gasteiger partial charge >= 0.3 is 0 Å². The van der Waals surface area contributed by atoms with Gasteiger partial charge in [-0.2, -0.15) is 16.1 Å². The molecule has 0 saturated carbocycles. The van der Waals surface area contributed by atoms with Crippen molar-refractivity contribution < 1.29 is 8.42 Å². The molecule has 2 rings (SSSR count). The number of alkyl halides is 1. The van der Waals surface area contributed by atoms with E-state index in [-0.39, 0.29) is 0 Å². The van der Waals surface area contributed by atoms with Crippen molar-refractivity contribution in [3.05, 3.63) is 29.3 Å². The number of aryl methyl sites for hydroxylation is 1. The van der Waals surface area contributed by atoms with Gasteiger partial charge < -0.3 is 0 Å². The van der Waals surface area contributed by atoms with E-state index in [0.29, 0.717) is 35.5 Å². The molecule has 0 spiro atoms. The molecule has 1 unspecified atom stereocenters. The van der Waals surface area contributed by atoms with E-state index >= 15 is 0 Å². The fourth-order valence-corrected chi connectivity index (χ4v) is 5.62. The van der Waals surface area contributed by atoms with Crippen LogP contribution in [-0.2, 0) is 22.3 Å². The first-order valence-corrected chi connectivity index (χ1v) is 9.81. The highest BCUT2D eigenvalue weighted by atomic mass is 35.5. The van der Waals surface area contributed by atoms with Crippen molar-refractivity contribution in [2.45, 2.75) is 36.3 Å². The van der Waals surface area contributed by atoms with Crippen LogP contribution < -0.4 is 0 Å². The highest BCUT2D eigenvalue weighted by molar-refractivity contribution is 8.00. The van der Waals surface area contributed by atoms with E-state index in [2.05, 4.69) is 6.92 Å². The van der Waals surface area contributed by atoms with Crippen LogP contribution in [0.2, 0.25) is 0 Å². The number of thioether (sulfide) groups is 1. The quantitative estimate of drug-likeness (QED) is 0.794. The minimum atomic E-state index is -3.41. The first kappa shape index (κ1) is 16.1. The van der Waals surface area contributed by atoms with Crippen LogP contribution in [0.4, 0.5) is 0 Å². The van der Waals surface area contributed by atoms with Gasteiger partial charge in [-0.05, 0) is 23.6 Å². The number of sulfonamides is 1. The molecule has 1 aliphatic heterocycles. The molecule has 0 aliphatic carbocycles. The van der Waals surface area contributed by atoms with E-state index in [1.54, 1.807) is 10.4 Å². The van der Waals surface area contributed by atoms with Gasteiger partial charge in [0.15, 0.2) is 0 Å². The SMILES string of the molecule is CCc1ccc(CCl)cc1S(=O)(=O)N1CCSC(C)C1. The molecular weight excluding hydrogens is 314 g/mol. The Morgan fingerprint density at radius 3 is 2.80 bits per heavy atom. The Bertz CT molecular complexity index is 575. The van der Waals surface area contributed by atoms with E-state index in [9.17, 15) is 8.42 Å². The van der Waals surface area contributed by atoms with Crippen LogP contribution in [0.5, 0.6) is 0 Å². The third kappa shape index (κ3) is 3.32. The van der Waals surface area contributed by atoms with Crippen LogP contribution >= 0.6 is 23.4 Å². The summed E-state index contributed by atoms with van der Waals surface area (Å²) in [6.45, 7) is 5.22. The Balaban J connectivity index is 2.42. The highest BCUT2D eigenvalue weighted by Crippen LogP contribution is 2.27. The zero-order chi connectivity index (χ0) is 14.8. The lowest BCUT2D eigenvalue weighted by Gasteiger charge is -2.30. The number of nitrogens with zero attached hydrogens (tertiary/aromatic N) is 1. The third-order valence-electron chi connectivity index (χ3n) is 3.49. The lowest BCUT2D eigenvalue weighted by atomic mass is 10.1. The molecular formula is C14H20ClNO2S2. The lowest BCUT2D eigenvalue weighted by molar-refractivity contribution is 0.423. The second kappa shape index (κ2) is 6.69. The fourth-order valence-electron chi connectivity index (χ4n) is 2.36. The number of benzene rings is 1. The van der Waals surface area contributed by atoms with Gasteiger partial charge in [-0.25, -0.2) is 8.42 Å². The number of rotatable bonds is 4. The maximum absolute atomic E-state index is 12.9. The van der Waals surface area contributed by atoms with Gasteiger partial charge in [-0.1, -0.05) is 26.0 Å². The Kier molecular flexibility index (Phi) is 5.40. The molecule has 1 atom stereocenters. The van der Waals surface area contributed by atoms with E-state index in [1.807, 2.05) is 30.8 Å². The standard InChI is InChI=1S/C14H20ClNO2S2/c1-3-13-5-4-12(9-15)8-14(13)20(17,18)16-6-7-19-11(2)10-16/h4-5,8,11H,3,6-7,9-10H2,1-2H3. The monoisotopic (exact) mass is 333 g/mol. The van der Waals surface area contributed by atoms with Gasteiger partial charge in [0.1, 0.15) is 0 Å². The minimum Gasteiger partial charge on any atom is -0.207 e. The summed E-state index contributed by atoms with van der Waals surface area (Å²) in [6, 6.07) is 5.51. The molecule has 1 aromatic rings. The second-order valence-corrected chi connectivity index (χ2v) is 8.69. The smallest absolute Gasteiger partial charge is 0.207 e. The zero-order valence-corrected chi connectivity index (χ0v) is 14.2. The van der Waals surface area contributed by atoms with Crippen LogP contribution in [0.25, 0.3) is 0 Å². The molecule has 0 aromatic heterocycles. The first-order valence-electron chi connectivity index (χ1n) is 6.78. The summed E-state index contributed by atoms with van der Waals surface area (Å²) >= 11 is 7.67. The Morgan fingerprint density at radius 1 is 1.45 bits per heavy atom. The Hall–Kier alpha value is -0.230. The molecule has 3 nitrogen and oxygen atoms in total. The molecule has 1 saturated heterocycles. The van der Waals surface area contributed by atoms with Crippen molar-refractivity contribution >= 4 is 33.4 Å². The van der Waals surface area contributed by atoms with Crippen molar-refractivity contribution in [2.75, 3.05) is 18.8 Å². The average Bonchev–Trinajstić information content (AvgIpc) is 2.46. The molecule has 20 heavy (non-hydrogen) atoms. The van der Waals surface area contributed by atoms with Gasteiger partial charge in [-0.3, -0.25) is 0 Å². The van der Waals surface area contributed by atoms with Gasteiger partial charge in [0.25, 0.3) is 0 Å². The molecule has 0 N–H and O–H groups in total. The number of hydrogen-bond acceptors (Lipinski definition) is 3. The molecule has 1 heterocycles. The Labute approximate surface area is 130 Å². The summed E-state index contributed by atoms with van der Waals surface area (Å²) in [5, 5.41) is 0.347. The van der Waals surface area contributed by atoms with Crippen molar-refractivity contribution in [3.8, 4) is 0 Å². The molecule has 1 aromatic carbocycles. The highest BCUT2D eigenvalue weighted by Gasteiger charge is 2.30. The minimum absolute atomic E-state index is 0.332. The molecule has 0 bridgehead atoms. The van der Waals surface area contributed by atoms with Gasteiger partial charge in [0, 0.05) is 30.0 Å². The average molecular weight is 334 g/mol. The second-order valence-electron chi connectivity index (χ2n) is 4.97. The van der Waals surface area contributed by atoms with Crippen LogP contribution in [0.15, 0.2) is 23.1 Å². The van der Waals surface area contributed by atoms with Crippen LogP contribution in [-0.4, -0.2) is 36.8 Å². The molecule has 1 fully saturated rings.